The van der Waals surface area contributed by atoms with Gasteiger partial charge in [-0.25, -0.2) is 0 Å². The van der Waals surface area contributed by atoms with Crippen LogP contribution in [0.2, 0.25) is 0 Å². The molecule has 2 unspecified atom stereocenters. The van der Waals surface area contributed by atoms with Crippen LogP contribution in [-0.4, -0.2) is 40.0 Å². The highest BCUT2D eigenvalue weighted by molar-refractivity contribution is 5.95. The summed E-state index contributed by atoms with van der Waals surface area (Å²) in [7, 11) is 0. The summed E-state index contributed by atoms with van der Waals surface area (Å²) in [4.78, 5) is 24.7. The molecule has 2 atom stereocenters. The fraction of sp³-hybridized carbons (Fsp3) is 0.533. The number of nitro benzene ring substituents is 1. The van der Waals surface area contributed by atoms with Crippen LogP contribution in [0, 0.1) is 23.0 Å². The summed E-state index contributed by atoms with van der Waals surface area (Å²) in [6.45, 7) is 4.23. The number of nitro groups is 1. The van der Waals surface area contributed by atoms with Gasteiger partial charge in [0, 0.05) is 36.4 Å². The SMILES string of the molecule is Cc1cc(C(=O)N2CC(CO)CCC2C)ccc1[N+](=O)[O-]. The Hall–Kier alpha value is -1.95. The van der Waals surface area contributed by atoms with E-state index < -0.39 is 4.92 Å². The van der Waals surface area contributed by atoms with Gasteiger partial charge in [-0.05, 0) is 44.7 Å². The number of aryl methyl sites for hydroxylation is 1. The van der Waals surface area contributed by atoms with Crippen molar-refractivity contribution in [3.05, 3.63) is 39.4 Å². The van der Waals surface area contributed by atoms with Crippen molar-refractivity contribution in [3.8, 4) is 0 Å². The Morgan fingerprint density at radius 2 is 2.19 bits per heavy atom. The maximum absolute atomic E-state index is 12.6. The smallest absolute Gasteiger partial charge is 0.272 e. The van der Waals surface area contributed by atoms with Crippen LogP contribution in [0.3, 0.4) is 0 Å². The van der Waals surface area contributed by atoms with Crippen LogP contribution < -0.4 is 0 Å². The van der Waals surface area contributed by atoms with Crippen LogP contribution in [-0.2, 0) is 0 Å². The lowest BCUT2D eigenvalue weighted by Crippen LogP contribution is -2.46. The highest BCUT2D eigenvalue weighted by Crippen LogP contribution is 2.25. The molecule has 1 amide bonds. The third-order valence-electron chi connectivity index (χ3n) is 4.14. The van der Waals surface area contributed by atoms with Gasteiger partial charge in [0.1, 0.15) is 0 Å². The molecule has 0 aromatic heterocycles. The van der Waals surface area contributed by atoms with E-state index in [2.05, 4.69) is 0 Å². The van der Waals surface area contributed by atoms with Crippen molar-refractivity contribution in [1.29, 1.82) is 0 Å². The Morgan fingerprint density at radius 1 is 1.48 bits per heavy atom. The molecule has 21 heavy (non-hydrogen) atoms. The first-order chi connectivity index (χ1) is 9.93. The lowest BCUT2D eigenvalue weighted by atomic mass is 9.93. The number of likely N-dealkylation sites (tertiary alicyclic amines) is 1. The van der Waals surface area contributed by atoms with Gasteiger partial charge in [0.15, 0.2) is 0 Å². The van der Waals surface area contributed by atoms with Gasteiger partial charge in [-0.15, -0.1) is 0 Å². The molecule has 6 nitrogen and oxygen atoms in total. The topological polar surface area (TPSA) is 83.7 Å². The number of amides is 1. The minimum absolute atomic E-state index is 0.0199. The highest BCUT2D eigenvalue weighted by Gasteiger charge is 2.29. The monoisotopic (exact) mass is 292 g/mol. The van der Waals surface area contributed by atoms with E-state index in [-0.39, 0.29) is 30.2 Å². The zero-order chi connectivity index (χ0) is 15.6. The minimum atomic E-state index is -0.450. The number of aliphatic hydroxyl groups is 1. The average molecular weight is 292 g/mol. The number of piperidine rings is 1. The largest absolute Gasteiger partial charge is 0.396 e. The van der Waals surface area contributed by atoms with Gasteiger partial charge in [0.25, 0.3) is 11.6 Å². The number of rotatable bonds is 3. The predicted octanol–water partition coefficient (Wildman–Crippen LogP) is 2.14. The van der Waals surface area contributed by atoms with Gasteiger partial charge in [0.2, 0.25) is 0 Å². The van der Waals surface area contributed by atoms with Gasteiger partial charge >= 0.3 is 0 Å². The van der Waals surface area contributed by atoms with Crippen LogP contribution in [0.4, 0.5) is 5.69 Å². The summed E-state index contributed by atoms with van der Waals surface area (Å²) in [6.07, 6.45) is 1.78. The lowest BCUT2D eigenvalue weighted by Gasteiger charge is -2.37. The maximum Gasteiger partial charge on any atom is 0.272 e. The van der Waals surface area contributed by atoms with Crippen LogP contribution in [0.15, 0.2) is 18.2 Å². The summed E-state index contributed by atoms with van der Waals surface area (Å²) >= 11 is 0. The Kier molecular flexibility index (Phi) is 4.57. The van der Waals surface area contributed by atoms with Crippen LogP contribution >= 0.6 is 0 Å². The second-order valence-electron chi connectivity index (χ2n) is 5.69. The van der Waals surface area contributed by atoms with Crippen molar-refractivity contribution in [1.82, 2.24) is 4.90 Å². The maximum atomic E-state index is 12.6. The molecule has 1 fully saturated rings. The van der Waals surface area contributed by atoms with Crippen molar-refractivity contribution >= 4 is 11.6 Å². The molecule has 1 heterocycles. The van der Waals surface area contributed by atoms with Crippen molar-refractivity contribution in [2.24, 2.45) is 5.92 Å². The van der Waals surface area contributed by atoms with E-state index in [1.54, 1.807) is 17.9 Å². The third-order valence-corrected chi connectivity index (χ3v) is 4.14. The first-order valence-electron chi connectivity index (χ1n) is 7.11. The van der Waals surface area contributed by atoms with Crippen molar-refractivity contribution in [2.75, 3.05) is 13.2 Å². The molecule has 1 saturated heterocycles. The zero-order valence-corrected chi connectivity index (χ0v) is 12.3. The molecule has 0 spiro atoms. The van der Waals surface area contributed by atoms with Crippen molar-refractivity contribution < 1.29 is 14.8 Å². The molecule has 0 bridgehead atoms. The summed E-state index contributed by atoms with van der Waals surface area (Å²) in [5, 5.41) is 20.1. The van der Waals surface area contributed by atoms with E-state index >= 15 is 0 Å². The fourth-order valence-electron chi connectivity index (χ4n) is 2.77. The molecule has 2 rings (SSSR count). The normalized spacial score (nSPS) is 22.1. The molecule has 1 aromatic carbocycles. The van der Waals surface area contributed by atoms with Crippen LogP contribution in [0.5, 0.6) is 0 Å². The molecule has 1 N–H and O–H groups in total. The van der Waals surface area contributed by atoms with Crippen LogP contribution in [0.1, 0.15) is 35.7 Å². The molecule has 0 saturated carbocycles. The standard InChI is InChI=1S/C15H20N2O4/c1-10-7-13(5-6-14(10)17(20)21)15(19)16-8-12(9-18)4-3-11(16)2/h5-7,11-12,18H,3-4,8-9H2,1-2H3. The van der Waals surface area contributed by atoms with Crippen molar-refractivity contribution in [2.45, 2.75) is 32.7 Å². The lowest BCUT2D eigenvalue weighted by molar-refractivity contribution is -0.385. The Balaban J connectivity index is 2.22. The first-order valence-corrected chi connectivity index (χ1v) is 7.11. The number of nitrogens with zero attached hydrogens (tertiary/aromatic N) is 2. The number of hydrogen-bond acceptors (Lipinski definition) is 4. The van der Waals surface area contributed by atoms with Gasteiger partial charge in [-0.1, -0.05) is 0 Å². The quantitative estimate of drug-likeness (QED) is 0.683. The zero-order valence-electron chi connectivity index (χ0n) is 12.3. The molecule has 1 aliphatic rings. The summed E-state index contributed by atoms with van der Waals surface area (Å²) in [5.74, 6) is -0.0112. The average Bonchev–Trinajstić information content (AvgIpc) is 2.46. The van der Waals surface area contributed by atoms with E-state index in [4.69, 9.17) is 0 Å². The predicted molar refractivity (Wildman–Crippen MR) is 78.1 cm³/mol. The van der Waals surface area contributed by atoms with Gasteiger partial charge in [-0.2, -0.15) is 0 Å². The third kappa shape index (κ3) is 3.21. The van der Waals surface area contributed by atoms with E-state index in [1.165, 1.54) is 12.1 Å². The number of aliphatic hydroxyl groups excluding tert-OH is 1. The number of carbonyl (C=O) groups excluding carboxylic acids is 1. The van der Waals surface area contributed by atoms with E-state index in [1.807, 2.05) is 6.92 Å². The number of hydrogen-bond donors (Lipinski definition) is 1. The molecular weight excluding hydrogens is 272 g/mol. The molecule has 1 aliphatic heterocycles. The van der Waals surface area contributed by atoms with Gasteiger partial charge in [-0.3, -0.25) is 14.9 Å². The molecule has 6 heteroatoms. The van der Waals surface area contributed by atoms with Gasteiger partial charge in [0.05, 0.1) is 4.92 Å². The summed E-state index contributed by atoms with van der Waals surface area (Å²) < 4.78 is 0. The molecule has 1 aromatic rings. The minimum Gasteiger partial charge on any atom is -0.396 e. The van der Waals surface area contributed by atoms with Crippen LogP contribution in [0.25, 0.3) is 0 Å². The molecule has 114 valence electrons. The number of carbonyl (C=O) groups is 1. The Bertz CT molecular complexity index is 559. The Morgan fingerprint density at radius 3 is 2.76 bits per heavy atom. The molecule has 0 radical (unpaired) electrons. The molecular formula is C15H20N2O4. The fourth-order valence-corrected chi connectivity index (χ4v) is 2.77. The second-order valence-corrected chi connectivity index (χ2v) is 5.69. The summed E-state index contributed by atoms with van der Waals surface area (Å²) in [5.41, 5.74) is 0.962. The highest BCUT2D eigenvalue weighted by atomic mass is 16.6. The molecule has 0 aliphatic carbocycles. The van der Waals surface area contributed by atoms with E-state index in [0.29, 0.717) is 17.7 Å². The van der Waals surface area contributed by atoms with E-state index in [0.717, 1.165) is 12.8 Å². The summed E-state index contributed by atoms with van der Waals surface area (Å²) in [6, 6.07) is 4.56. The second kappa shape index (κ2) is 6.22. The Labute approximate surface area is 123 Å². The van der Waals surface area contributed by atoms with Crippen molar-refractivity contribution in [3.63, 3.8) is 0 Å². The van der Waals surface area contributed by atoms with Gasteiger partial charge < -0.3 is 10.0 Å². The van der Waals surface area contributed by atoms with E-state index in [9.17, 15) is 20.0 Å². The number of benzene rings is 1. The first kappa shape index (κ1) is 15.4.